The van der Waals surface area contributed by atoms with Gasteiger partial charge in [-0.25, -0.2) is 0 Å². The van der Waals surface area contributed by atoms with Gasteiger partial charge in [-0.05, 0) is 34.5 Å². The Morgan fingerprint density at radius 2 is 2.12 bits per heavy atom. The number of rotatable bonds is 4. The Labute approximate surface area is 113 Å². The normalized spacial score (nSPS) is 11.7. The maximum Gasteiger partial charge on any atom is 0.140 e. The average Bonchev–Trinajstić information content (AvgIpc) is 2.25. The minimum absolute atomic E-state index is 0.573. The van der Waals surface area contributed by atoms with Gasteiger partial charge in [0.15, 0.2) is 0 Å². The monoisotopic (exact) mass is 347 g/mol. The molecule has 2 nitrogen and oxygen atoms in total. The van der Waals surface area contributed by atoms with Gasteiger partial charge >= 0.3 is 0 Å². The van der Waals surface area contributed by atoms with Gasteiger partial charge in [-0.3, -0.25) is 0 Å². The van der Waals surface area contributed by atoms with Gasteiger partial charge in [0.1, 0.15) is 5.75 Å². The minimum atomic E-state index is 0.573. The van der Waals surface area contributed by atoms with Crippen LogP contribution in [0.4, 0.5) is 0 Å². The van der Waals surface area contributed by atoms with Crippen molar-refractivity contribution < 1.29 is 4.74 Å². The lowest BCUT2D eigenvalue weighted by Crippen LogP contribution is -2.02. The second kappa shape index (κ2) is 6.42. The van der Waals surface area contributed by atoms with Crippen LogP contribution in [0.2, 0.25) is 0 Å². The maximum absolute atomic E-state index is 5.67. The van der Waals surface area contributed by atoms with Crippen LogP contribution in [0.5, 0.6) is 5.75 Å². The molecule has 0 radical (unpaired) electrons. The van der Waals surface area contributed by atoms with Crippen LogP contribution in [0.1, 0.15) is 18.9 Å². The number of hydrogen-bond donors (Lipinski definition) is 1. The second-order valence-corrected chi connectivity index (χ2v) is 5.14. The topological polar surface area (TPSA) is 35.2 Å². The fourth-order valence-electron chi connectivity index (χ4n) is 1.43. The molecule has 0 aromatic heterocycles. The van der Waals surface area contributed by atoms with Crippen molar-refractivity contribution in [3.63, 3.8) is 0 Å². The van der Waals surface area contributed by atoms with E-state index in [2.05, 4.69) is 44.9 Å². The van der Waals surface area contributed by atoms with Crippen molar-refractivity contribution in [2.45, 2.75) is 13.3 Å². The fraction of sp³-hybridized carbons (Fsp3) is 0.333. The summed E-state index contributed by atoms with van der Waals surface area (Å²) in [5.74, 6) is 0.836. The summed E-state index contributed by atoms with van der Waals surface area (Å²) in [6.07, 6.45) is 3.03. The molecule has 88 valence electrons. The van der Waals surface area contributed by atoms with Gasteiger partial charge < -0.3 is 10.5 Å². The van der Waals surface area contributed by atoms with Gasteiger partial charge in [0, 0.05) is 16.6 Å². The van der Waals surface area contributed by atoms with Crippen LogP contribution in [0.25, 0.3) is 6.08 Å². The summed E-state index contributed by atoms with van der Waals surface area (Å²) in [5, 5.41) is 0. The van der Waals surface area contributed by atoms with E-state index in [1.165, 1.54) is 5.57 Å². The van der Waals surface area contributed by atoms with Gasteiger partial charge in [0.25, 0.3) is 0 Å². The molecule has 1 aromatic rings. The quantitative estimate of drug-likeness (QED) is 0.893. The molecule has 1 rings (SSSR count). The largest absolute Gasteiger partial charge is 0.495 e. The minimum Gasteiger partial charge on any atom is -0.495 e. The van der Waals surface area contributed by atoms with Gasteiger partial charge in [0.2, 0.25) is 0 Å². The molecule has 0 aliphatic rings. The van der Waals surface area contributed by atoms with Gasteiger partial charge in [-0.2, -0.15) is 0 Å². The predicted octanol–water partition coefficient (Wildman–Crippen LogP) is 3.97. The summed E-state index contributed by atoms with van der Waals surface area (Å²) in [6.45, 7) is 2.67. The smallest absolute Gasteiger partial charge is 0.140 e. The van der Waals surface area contributed by atoms with Crippen LogP contribution < -0.4 is 10.5 Å². The Kier molecular flexibility index (Phi) is 5.52. The standard InChI is InChI=1S/C12H15Br2NO/c1-3-8(7-15)4-9-5-10(13)6-11(14)12(9)16-2/h4-6H,3,7,15H2,1-2H3. The molecular weight excluding hydrogens is 334 g/mol. The van der Waals surface area contributed by atoms with Gasteiger partial charge in [0.05, 0.1) is 11.6 Å². The van der Waals surface area contributed by atoms with Crippen molar-refractivity contribution in [1.82, 2.24) is 0 Å². The molecular formula is C12H15Br2NO. The molecule has 0 spiro atoms. The van der Waals surface area contributed by atoms with Crippen LogP contribution in [0, 0.1) is 0 Å². The first-order chi connectivity index (χ1) is 7.62. The Balaban J connectivity index is 3.26. The summed E-state index contributed by atoms with van der Waals surface area (Å²) >= 11 is 6.94. The highest BCUT2D eigenvalue weighted by molar-refractivity contribution is 9.11. The van der Waals surface area contributed by atoms with Crippen molar-refractivity contribution in [3.05, 3.63) is 32.2 Å². The first-order valence-corrected chi connectivity index (χ1v) is 6.63. The lowest BCUT2D eigenvalue weighted by atomic mass is 10.1. The zero-order valence-electron chi connectivity index (χ0n) is 9.39. The molecule has 0 aliphatic heterocycles. The summed E-state index contributed by atoms with van der Waals surface area (Å²) in [4.78, 5) is 0. The summed E-state index contributed by atoms with van der Waals surface area (Å²) in [6, 6.07) is 3.99. The molecule has 0 unspecified atom stereocenters. The molecule has 0 saturated heterocycles. The maximum atomic E-state index is 5.67. The first kappa shape index (κ1) is 13.7. The Morgan fingerprint density at radius 3 is 2.62 bits per heavy atom. The number of ether oxygens (including phenoxy) is 1. The van der Waals surface area contributed by atoms with Crippen molar-refractivity contribution in [1.29, 1.82) is 0 Å². The number of nitrogens with two attached hydrogens (primary N) is 1. The highest BCUT2D eigenvalue weighted by atomic mass is 79.9. The van der Waals surface area contributed by atoms with Gasteiger partial charge in [-0.15, -0.1) is 0 Å². The van der Waals surface area contributed by atoms with Gasteiger partial charge in [-0.1, -0.05) is 34.5 Å². The van der Waals surface area contributed by atoms with E-state index in [4.69, 9.17) is 10.5 Å². The van der Waals surface area contributed by atoms with E-state index in [1.54, 1.807) is 7.11 Å². The average molecular weight is 349 g/mol. The Hall–Kier alpha value is -0.320. The number of halogens is 2. The van der Waals surface area contributed by atoms with Crippen LogP contribution >= 0.6 is 31.9 Å². The molecule has 0 amide bonds. The number of benzene rings is 1. The van der Waals surface area contributed by atoms with E-state index in [0.717, 1.165) is 26.7 Å². The summed E-state index contributed by atoms with van der Waals surface area (Å²) in [5.41, 5.74) is 7.90. The number of hydrogen-bond acceptors (Lipinski definition) is 2. The molecule has 1 aromatic carbocycles. The van der Waals surface area contributed by atoms with Crippen molar-refractivity contribution in [2.24, 2.45) is 5.73 Å². The third-order valence-electron chi connectivity index (χ3n) is 2.32. The predicted molar refractivity (Wildman–Crippen MR) is 75.7 cm³/mol. The second-order valence-electron chi connectivity index (χ2n) is 3.37. The van der Waals surface area contributed by atoms with E-state index in [0.29, 0.717) is 6.54 Å². The molecule has 0 bridgehead atoms. The summed E-state index contributed by atoms with van der Waals surface area (Å²) < 4.78 is 7.31. The molecule has 0 saturated carbocycles. The SMILES string of the molecule is CCC(=Cc1cc(Br)cc(Br)c1OC)CN. The number of methoxy groups -OCH3 is 1. The van der Waals surface area contributed by atoms with Crippen molar-refractivity contribution >= 4 is 37.9 Å². The molecule has 0 heterocycles. The van der Waals surface area contributed by atoms with Crippen LogP contribution in [0.15, 0.2) is 26.7 Å². The fourth-order valence-corrected chi connectivity index (χ4v) is 2.85. The molecule has 16 heavy (non-hydrogen) atoms. The third kappa shape index (κ3) is 3.34. The molecule has 0 aliphatic carbocycles. The van der Waals surface area contributed by atoms with Crippen molar-refractivity contribution in [3.8, 4) is 5.75 Å². The van der Waals surface area contributed by atoms with E-state index in [-0.39, 0.29) is 0 Å². The highest BCUT2D eigenvalue weighted by Gasteiger charge is 2.07. The highest BCUT2D eigenvalue weighted by Crippen LogP contribution is 2.34. The summed E-state index contributed by atoms with van der Waals surface area (Å²) in [7, 11) is 1.67. The van der Waals surface area contributed by atoms with Crippen LogP contribution in [-0.4, -0.2) is 13.7 Å². The zero-order valence-corrected chi connectivity index (χ0v) is 12.6. The third-order valence-corrected chi connectivity index (χ3v) is 3.36. The van der Waals surface area contributed by atoms with E-state index in [1.807, 2.05) is 12.1 Å². The molecule has 0 atom stereocenters. The van der Waals surface area contributed by atoms with Crippen molar-refractivity contribution in [2.75, 3.05) is 13.7 Å². The zero-order chi connectivity index (χ0) is 12.1. The Bertz CT molecular complexity index is 396. The lowest BCUT2D eigenvalue weighted by molar-refractivity contribution is 0.411. The first-order valence-electron chi connectivity index (χ1n) is 5.04. The Morgan fingerprint density at radius 1 is 1.44 bits per heavy atom. The van der Waals surface area contributed by atoms with E-state index in [9.17, 15) is 0 Å². The molecule has 0 fully saturated rings. The lowest BCUT2D eigenvalue weighted by Gasteiger charge is -2.10. The van der Waals surface area contributed by atoms with E-state index < -0.39 is 0 Å². The molecule has 2 N–H and O–H groups in total. The van der Waals surface area contributed by atoms with Crippen LogP contribution in [0.3, 0.4) is 0 Å². The van der Waals surface area contributed by atoms with Crippen LogP contribution in [-0.2, 0) is 0 Å². The van der Waals surface area contributed by atoms with E-state index >= 15 is 0 Å². The molecule has 4 heteroatoms.